The molecule has 0 saturated heterocycles. The predicted octanol–water partition coefficient (Wildman–Crippen LogP) is 3.22. The Morgan fingerprint density at radius 3 is 2.12 bits per heavy atom. The molecule has 0 aromatic heterocycles. The lowest BCUT2D eigenvalue weighted by molar-refractivity contribution is -0.136. The second-order valence-electron chi connectivity index (χ2n) is 5.76. The molecule has 0 amide bonds. The lowest BCUT2D eigenvalue weighted by Gasteiger charge is -2.10. The average molecular weight is 364 g/mol. The van der Waals surface area contributed by atoms with Gasteiger partial charge in [-0.2, -0.15) is 0 Å². The molecule has 1 aliphatic heterocycles. The number of halogens is 2. The standard InChI is InChI=1S/C18H14F2O4S/c1-10-16(11-3-6-13(7-4-11)25(2,22)23)17(18(21)24-10)12-5-8-14(19)15(20)9-12/h3-10H,1-2H3. The van der Waals surface area contributed by atoms with Crippen molar-refractivity contribution in [3.8, 4) is 0 Å². The molecule has 0 aliphatic carbocycles. The second-order valence-corrected chi connectivity index (χ2v) is 7.78. The zero-order valence-corrected chi connectivity index (χ0v) is 14.2. The van der Waals surface area contributed by atoms with E-state index in [-0.39, 0.29) is 16.0 Å². The third-order valence-electron chi connectivity index (χ3n) is 3.97. The maximum atomic E-state index is 13.6. The number of hydrogen-bond acceptors (Lipinski definition) is 4. The highest BCUT2D eigenvalue weighted by molar-refractivity contribution is 7.90. The zero-order valence-electron chi connectivity index (χ0n) is 13.4. The molecule has 7 heteroatoms. The van der Waals surface area contributed by atoms with E-state index in [0.717, 1.165) is 18.4 Å². The van der Waals surface area contributed by atoms with Gasteiger partial charge in [-0.15, -0.1) is 0 Å². The molecule has 2 aromatic carbocycles. The van der Waals surface area contributed by atoms with Crippen molar-refractivity contribution in [2.45, 2.75) is 17.9 Å². The maximum Gasteiger partial charge on any atom is 0.339 e. The minimum atomic E-state index is -3.35. The Balaban J connectivity index is 2.16. The summed E-state index contributed by atoms with van der Waals surface area (Å²) in [6.07, 6.45) is 0.499. The summed E-state index contributed by atoms with van der Waals surface area (Å²) in [6, 6.07) is 9.16. The molecule has 4 nitrogen and oxygen atoms in total. The Morgan fingerprint density at radius 1 is 0.960 bits per heavy atom. The molecule has 0 radical (unpaired) electrons. The number of rotatable bonds is 3. The first-order valence-electron chi connectivity index (χ1n) is 7.39. The van der Waals surface area contributed by atoms with Gasteiger partial charge in [0.15, 0.2) is 21.5 Å². The van der Waals surface area contributed by atoms with E-state index in [1.54, 1.807) is 19.1 Å². The smallest absolute Gasteiger partial charge is 0.339 e. The van der Waals surface area contributed by atoms with Gasteiger partial charge in [0.05, 0.1) is 10.5 Å². The van der Waals surface area contributed by atoms with Crippen LogP contribution in [-0.2, 0) is 19.4 Å². The van der Waals surface area contributed by atoms with Crippen LogP contribution >= 0.6 is 0 Å². The fourth-order valence-corrected chi connectivity index (χ4v) is 3.41. The van der Waals surface area contributed by atoms with Gasteiger partial charge in [0.1, 0.15) is 6.10 Å². The van der Waals surface area contributed by atoms with E-state index in [0.29, 0.717) is 11.1 Å². The van der Waals surface area contributed by atoms with Gasteiger partial charge >= 0.3 is 5.97 Å². The predicted molar refractivity (Wildman–Crippen MR) is 88.3 cm³/mol. The highest BCUT2D eigenvalue weighted by Crippen LogP contribution is 2.37. The van der Waals surface area contributed by atoms with Gasteiger partial charge in [0.2, 0.25) is 0 Å². The first-order chi connectivity index (χ1) is 11.7. The third kappa shape index (κ3) is 3.19. The SMILES string of the molecule is CC1OC(=O)C(c2ccc(F)c(F)c2)=C1c1ccc(S(C)(=O)=O)cc1. The average Bonchev–Trinajstić information content (AvgIpc) is 2.83. The summed E-state index contributed by atoms with van der Waals surface area (Å²) in [6.45, 7) is 1.66. The van der Waals surface area contributed by atoms with Crippen molar-refractivity contribution in [1.29, 1.82) is 0 Å². The van der Waals surface area contributed by atoms with Gasteiger partial charge in [0, 0.05) is 11.8 Å². The molecule has 1 heterocycles. The quantitative estimate of drug-likeness (QED) is 0.785. The number of benzene rings is 2. The number of carbonyl (C=O) groups is 1. The van der Waals surface area contributed by atoms with Crippen LogP contribution < -0.4 is 0 Å². The zero-order chi connectivity index (χ0) is 18.4. The van der Waals surface area contributed by atoms with Crippen molar-refractivity contribution < 1.29 is 26.7 Å². The summed E-state index contributed by atoms with van der Waals surface area (Å²) in [4.78, 5) is 12.3. The molecule has 0 bridgehead atoms. The number of hydrogen-bond donors (Lipinski definition) is 0. The molecule has 1 unspecified atom stereocenters. The highest BCUT2D eigenvalue weighted by Gasteiger charge is 2.33. The monoisotopic (exact) mass is 364 g/mol. The molecule has 2 aromatic rings. The van der Waals surface area contributed by atoms with Crippen molar-refractivity contribution in [3.05, 3.63) is 65.2 Å². The van der Waals surface area contributed by atoms with Crippen LogP contribution in [0.1, 0.15) is 18.1 Å². The first kappa shape index (κ1) is 17.3. The molecule has 0 saturated carbocycles. The van der Waals surface area contributed by atoms with E-state index < -0.39 is 33.5 Å². The summed E-state index contributed by atoms with van der Waals surface area (Å²) in [5.41, 5.74) is 1.41. The summed E-state index contributed by atoms with van der Waals surface area (Å²) < 4.78 is 55.1. The van der Waals surface area contributed by atoms with Crippen LogP contribution in [0.25, 0.3) is 11.1 Å². The maximum absolute atomic E-state index is 13.6. The largest absolute Gasteiger partial charge is 0.454 e. The molecule has 0 fully saturated rings. The summed E-state index contributed by atoms with van der Waals surface area (Å²) in [5.74, 6) is -2.72. The van der Waals surface area contributed by atoms with Crippen LogP contribution in [0.4, 0.5) is 8.78 Å². The molecule has 1 aliphatic rings. The van der Waals surface area contributed by atoms with Crippen LogP contribution in [0.5, 0.6) is 0 Å². The summed E-state index contributed by atoms with van der Waals surface area (Å²) in [7, 11) is -3.35. The number of ether oxygens (including phenoxy) is 1. The Kier molecular flexibility index (Phi) is 4.20. The number of cyclic esters (lactones) is 1. The summed E-state index contributed by atoms with van der Waals surface area (Å²) in [5, 5.41) is 0. The minimum absolute atomic E-state index is 0.138. The van der Waals surface area contributed by atoms with Gasteiger partial charge < -0.3 is 4.74 Å². The van der Waals surface area contributed by atoms with Gasteiger partial charge in [-0.3, -0.25) is 0 Å². The van der Waals surface area contributed by atoms with Gasteiger partial charge in [-0.1, -0.05) is 18.2 Å². The van der Waals surface area contributed by atoms with Crippen LogP contribution in [0.3, 0.4) is 0 Å². The number of carbonyl (C=O) groups excluding carboxylic acids is 1. The molecule has 0 N–H and O–H groups in total. The number of sulfone groups is 1. The topological polar surface area (TPSA) is 60.4 Å². The molecule has 3 rings (SSSR count). The van der Waals surface area contributed by atoms with E-state index in [1.165, 1.54) is 18.2 Å². The van der Waals surface area contributed by atoms with Gasteiger partial charge in [0.25, 0.3) is 0 Å². The Bertz CT molecular complexity index is 992. The van der Waals surface area contributed by atoms with Crippen LogP contribution in [-0.4, -0.2) is 26.7 Å². The molecule has 0 spiro atoms. The van der Waals surface area contributed by atoms with E-state index in [9.17, 15) is 22.0 Å². The van der Waals surface area contributed by atoms with Gasteiger partial charge in [-0.05, 0) is 42.3 Å². The van der Waals surface area contributed by atoms with E-state index in [4.69, 9.17) is 4.74 Å². The van der Waals surface area contributed by atoms with Crippen molar-refractivity contribution in [2.75, 3.05) is 6.26 Å². The van der Waals surface area contributed by atoms with Crippen molar-refractivity contribution >= 4 is 27.0 Å². The van der Waals surface area contributed by atoms with Crippen molar-refractivity contribution in [3.63, 3.8) is 0 Å². The van der Waals surface area contributed by atoms with E-state index >= 15 is 0 Å². The fourth-order valence-electron chi connectivity index (χ4n) is 2.78. The lowest BCUT2D eigenvalue weighted by Crippen LogP contribution is -2.05. The molecular formula is C18H14F2O4S. The first-order valence-corrected chi connectivity index (χ1v) is 9.28. The van der Waals surface area contributed by atoms with Crippen molar-refractivity contribution in [1.82, 2.24) is 0 Å². The summed E-state index contributed by atoms with van der Waals surface area (Å²) >= 11 is 0. The fraction of sp³-hybridized carbons (Fsp3) is 0.167. The van der Waals surface area contributed by atoms with Crippen LogP contribution in [0, 0.1) is 11.6 Å². The second kappa shape index (κ2) is 6.07. The Hall–Kier alpha value is -2.54. The Labute approximate surface area is 143 Å². The molecule has 25 heavy (non-hydrogen) atoms. The normalized spacial score (nSPS) is 17.8. The third-order valence-corrected chi connectivity index (χ3v) is 5.09. The molecule has 1 atom stereocenters. The van der Waals surface area contributed by atoms with Crippen LogP contribution in [0.2, 0.25) is 0 Å². The Morgan fingerprint density at radius 2 is 1.56 bits per heavy atom. The molecular weight excluding hydrogens is 350 g/mol. The van der Waals surface area contributed by atoms with E-state index in [1.807, 2.05) is 0 Å². The lowest BCUT2D eigenvalue weighted by atomic mass is 9.93. The van der Waals surface area contributed by atoms with Gasteiger partial charge in [-0.25, -0.2) is 22.0 Å². The van der Waals surface area contributed by atoms with E-state index in [2.05, 4.69) is 0 Å². The highest BCUT2D eigenvalue weighted by atomic mass is 32.2. The number of esters is 1. The van der Waals surface area contributed by atoms with Crippen molar-refractivity contribution in [2.24, 2.45) is 0 Å². The minimum Gasteiger partial charge on any atom is -0.454 e. The molecule has 130 valence electrons. The van der Waals surface area contributed by atoms with Crippen LogP contribution in [0.15, 0.2) is 47.4 Å².